The predicted octanol–water partition coefficient (Wildman–Crippen LogP) is 3.80. The molecule has 82 valence electrons. The van der Waals surface area contributed by atoms with Gasteiger partial charge < -0.3 is 4.42 Å². The second kappa shape index (κ2) is 4.17. The maximum Gasteiger partial charge on any atom is 0.185 e. The summed E-state index contributed by atoms with van der Waals surface area (Å²) in [5, 5.41) is 0. The largest absolute Gasteiger partial charge is 0.453 e. The first kappa shape index (κ1) is 11.0. The van der Waals surface area contributed by atoms with E-state index >= 15 is 0 Å². The molecule has 5 heteroatoms. The fourth-order valence-corrected chi connectivity index (χ4v) is 1.93. The molecule has 2 rings (SSSR count). The van der Waals surface area contributed by atoms with Crippen LogP contribution in [0.4, 0.5) is 8.78 Å². The molecule has 0 saturated carbocycles. The second-order valence-electron chi connectivity index (χ2n) is 3.06. The van der Waals surface area contributed by atoms with Gasteiger partial charge in [-0.2, -0.15) is 0 Å². The molecule has 0 saturated heterocycles. The molecule has 1 aromatic carbocycles. The van der Waals surface area contributed by atoms with E-state index in [-0.39, 0.29) is 21.6 Å². The summed E-state index contributed by atoms with van der Waals surface area (Å²) >= 11 is 3.04. The highest BCUT2D eigenvalue weighted by atomic mass is 79.9. The summed E-state index contributed by atoms with van der Waals surface area (Å²) in [6, 6.07) is 4.74. The van der Waals surface area contributed by atoms with Crippen LogP contribution in [0, 0.1) is 11.6 Å². The fourth-order valence-electron chi connectivity index (χ4n) is 1.33. The van der Waals surface area contributed by atoms with Crippen molar-refractivity contribution < 1.29 is 18.0 Å². The average molecular weight is 287 g/mol. The van der Waals surface area contributed by atoms with Crippen molar-refractivity contribution in [3.05, 3.63) is 46.1 Å². The molecule has 0 aliphatic rings. The number of halogens is 3. The third-order valence-corrected chi connectivity index (χ3v) is 2.62. The Morgan fingerprint density at radius 2 is 2.00 bits per heavy atom. The number of aldehydes is 1. The summed E-state index contributed by atoms with van der Waals surface area (Å²) in [4.78, 5) is 10.4. The van der Waals surface area contributed by atoms with Gasteiger partial charge in [0.15, 0.2) is 12.0 Å². The summed E-state index contributed by atoms with van der Waals surface area (Å²) in [7, 11) is 0. The number of hydrogen-bond acceptors (Lipinski definition) is 2. The average Bonchev–Trinajstić information content (AvgIpc) is 2.64. The molecular weight excluding hydrogens is 282 g/mol. The van der Waals surface area contributed by atoms with Crippen LogP contribution >= 0.6 is 15.9 Å². The Labute approximate surface area is 98.0 Å². The summed E-state index contributed by atoms with van der Waals surface area (Å²) in [5.74, 6) is -1.17. The molecule has 1 heterocycles. The van der Waals surface area contributed by atoms with E-state index in [0.717, 1.165) is 12.1 Å². The lowest BCUT2D eigenvalue weighted by Crippen LogP contribution is -1.87. The summed E-state index contributed by atoms with van der Waals surface area (Å²) in [6.07, 6.45) is 0.513. The van der Waals surface area contributed by atoms with Gasteiger partial charge in [-0.05, 0) is 34.1 Å². The van der Waals surface area contributed by atoms with Gasteiger partial charge in [-0.25, -0.2) is 8.78 Å². The van der Waals surface area contributed by atoms with Crippen LogP contribution in [0.5, 0.6) is 0 Å². The zero-order valence-electron chi connectivity index (χ0n) is 7.84. The molecule has 16 heavy (non-hydrogen) atoms. The Morgan fingerprint density at radius 3 is 2.56 bits per heavy atom. The SMILES string of the molecule is O=Cc1ccc(-c2c(F)cc(F)cc2Br)o1. The van der Waals surface area contributed by atoms with E-state index in [4.69, 9.17) is 4.42 Å². The summed E-state index contributed by atoms with van der Waals surface area (Å²) in [6.45, 7) is 0. The van der Waals surface area contributed by atoms with E-state index in [1.165, 1.54) is 12.1 Å². The van der Waals surface area contributed by atoms with Gasteiger partial charge in [0.1, 0.15) is 17.4 Å². The first-order valence-electron chi connectivity index (χ1n) is 4.31. The Balaban J connectivity index is 2.59. The van der Waals surface area contributed by atoms with E-state index in [1.807, 2.05) is 0 Å². The maximum atomic E-state index is 13.5. The minimum Gasteiger partial charge on any atom is -0.453 e. The van der Waals surface area contributed by atoms with Crippen molar-refractivity contribution in [3.8, 4) is 11.3 Å². The van der Waals surface area contributed by atoms with Crippen LogP contribution in [0.25, 0.3) is 11.3 Å². The topological polar surface area (TPSA) is 30.2 Å². The van der Waals surface area contributed by atoms with E-state index in [1.54, 1.807) is 0 Å². The van der Waals surface area contributed by atoms with Gasteiger partial charge >= 0.3 is 0 Å². The Hall–Kier alpha value is -1.49. The van der Waals surface area contributed by atoms with Gasteiger partial charge in [-0.3, -0.25) is 4.79 Å². The molecule has 0 bridgehead atoms. The molecule has 0 spiro atoms. The van der Waals surface area contributed by atoms with Crippen LogP contribution in [-0.4, -0.2) is 6.29 Å². The van der Waals surface area contributed by atoms with Crippen LogP contribution < -0.4 is 0 Å². The lowest BCUT2D eigenvalue weighted by atomic mass is 10.1. The molecule has 0 atom stereocenters. The van der Waals surface area contributed by atoms with Gasteiger partial charge in [0.05, 0.1) is 5.56 Å². The molecule has 0 aliphatic heterocycles. The molecule has 0 unspecified atom stereocenters. The van der Waals surface area contributed by atoms with Crippen molar-refractivity contribution in [2.75, 3.05) is 0 Å². The summed E-state index contributed by atoms with van der Waals surface area (Å²) in [5.41, 5.74) is 0.0921. The first-order valence-corrected chi connectivity index (χ1v) is 5.11. The van der Waals surface area contributed by atoms with E-state index < -0.39 is 11.6 Å². The number of benzene rings is 1. The third kappa shape index (κ3) is 1.90. The number of rotatable bonds is 2. The second-order valence-corrected chi connectivity index (χ2v) is 3.92. The zero-order valence-corrected chi connectivity index (χ0v) is 9.42. The van der Waals surface area contributed by atoms with Crippen molar-refractivity contribution in [2.45, 2.75) is 0 Å². The van der Waals surface area contributed by atoms with Crippen molar-refractivity contribution in [1.82, 2.24) is 0 Å². The van der Waals surface area contributed by atoms with Gasteiger partial charge in [-0.15, -0.1) is 0 Å². The standard InChI is InChI=1S/C11H5BrF2O2/c12-8-3-6(13)4-9(14)11(8)10-2-1-7(5-15)16-10/h1-5H. The minimum absolute atomic E-state index is 0.0885. The van der Waals surface area contributed by atoms with E-state index in [0.29, 0.717) is 6.29 Å². The normalized spacial score (nSPS) is 10.4. The minimum atomic E-state index is -0.751. The maximum absolute atomic E-state index is 13.5. The molecule has 2 nitrogen and oxygen atoms in total. The fraction of sp³-hybridized carbons (Fsp3) is 0. The molecule has 2 aromatic rings. The van der Waals surface area contributed by atoms with Crippen LogP contribution in [0.2, 0.25) is 0 Å². The lowest BCUT2D eigenvalue weighted by Gasteiger charge is -2.02. The molecule has 1 aromatic heterocycles. The number of furan rings is 1. The van der Waals surface area contributed by atoms with Crippen LogP contribution in [0.15, 0.2) is 33.2 Å². The number of carbonyl (C=O) groups excluding carboxylic acids is 1. The highest BCUT2D eigenvalue weighted by Gasteiger charge is 2.15. The molecule has 0 N–H and O–H groups in total. The van der Waals surface area contributed by atoms with Crippen LogP contribution in [0.3, 0.4) is 0 Å². The monoisotopic (exact) mass is 286 g/mol. The quantitative estimate of drug-likeness (QED) is 0.786. The zero-order chi connectivity index (χ0) is 11.7. The highest BCUT2D eigenvalue weighted by Crippen LogP contribution is 2.32. The molecule has 0 fully saturated rings. The summed E-state index contributed by atoms with van der Waals surface area (Å²) < 4.78 is 31.6. The highest BCUT2D eigenvalue weighted by molar-refractivity contribution is 9.10. The number of hydrogen-bond donors (Lipinski definition) is 0. The Morgan fingerprint density at radius 1 is 1.25 bits per heavy atom. The van der Waals surface area contributed by atoms with E-state index in [9.17, 15) is 13.6 Å². The van der Waals surface area contributed by atoms with Crippen LogP contribution in [-0.2, 0) is 0 Å². The van der Waals surface area contributed by atoms with Crippen LogP contribution in [0.1, 0.15) is 10.6 Å². The van der Waals surface area contributed by atoms with Gasteiger partial charge in [0.25, 0.3) is 0 Å². The van der Waals surface area contributed by atoms with Gasteiger partial charge in [-0.1, -0.05) is 0 Å². The first-order chi connectivity index (χ1) is 7.61. The van der Waals surface area contributed by atoms with Crippen molar-refractivity contribution in [1.29, 1.82) is 0 Å². The van der Waals surface area contributed by atoms with Crippen molar-refractivity contribution >= 4 is 22.2 Å². The van der Waals surface area contributed by atoms with Crippen molar-refractivity contribution in [3.63, 3.8) is 0 Å². The third-order valence-electron chi connectivity index (χ3n) is 2.00. The Bertz CT molecular complexity index is 526. The molecule has 0 amide bonds. The smallest absolute Gasteiger partial charge is 0.185 e. The van der Waals surface area contributed by atoms with Gasteiger partial charge in [0, 0.05) is 10.5 Å². The Kier molecular flexibility index (Phi) is 2.87. The molecule has 0 aliphatic carbocycles. The van der Waals surface area contributed by atoms with E-state index in [2.05, 4.69) is 15.9 Å². The van der Waals surface area contributed by atoms with Crippen molar-refractivity contribution in [2.24, 2.45) is 0 Å². The molecule has 0 radical (unpaired) electrons. The van der Waals surface area contributed by atoms with Gasteiger partial charge in [0.2, 0.25) is 0 Å². The molecular formula is C11H5BrF2O2. The predicted molar refractivity (Wildman–Crippen MR) is 57.1 cm³/mol. The lowest BCUT2D eigenvalue weighted by molar-refractivity contribution is 0.110. The number of carbonyl (C=O) groups is 1.